The quantitative estimate of drug-likeness (QED) is 0.205. The van der Waals surface area contributed by atoms with Crippen LogP contribution in [-0.4, -0.2) is 40.6 Å². The number of esters is 1. The third-order valence-corrected chi connectivity index (χ3v) is 11.2. The summed E-state index contributed by atoms with van der Waals surface area (Å²) in [5.74, 6) is 1.16. The Labute approximate surface area is 175 Å². The maximum atomic E-state index is 11.7. The van der Waals surface area contributed by atoms with Crippen molar-refractivity contribution in [1.29, 1.82) is 0 Å². The Morgan fingerprint density at radius 1 is 1.21 bits per heavy atom. The van der Waals surface area contributed by atoms with Gasteiger partial charge in [-0.1, -0.05) is 40.2 Å². The molecule has 1 aliphatic carbocycles. The van der Waals surface area contributed by atoms with Crippen molar-refractivity contribution in [1.82, 2.24) is 5.32 Å². The Morgan fingerprint density at radius 3 is 2.39 bits per heavy atom. The molecule has 0 radical (unpaired) electrons. The van der Waals surface area contributed by atoms with Crippen LogP contribution in [0.25, 0.3) is 0 Å². The zero-order valence-electron chi connectivity index (χ0n) is 19.5. The maximum Gasteiger partial charge on any atom is 0.330 e. The van der Waals surface area contributed by atoms with Crippen LogP contribution >= 0.6 is 0 Å². The van der Waals surface area contributed by atoms with Crippen molar-refractivity contribution in [2.45, 2.75) is 96.8 Å². The van der Waals surface area contributed by atoms with Gasteiger partial charge < -0.3 is 14.5 Å². The molecule has 0 saturated heterocycles. The van der Waals surface area contributed by atoms with E-state index in [2.05, 4.69) is 46.1 Å². The molecule has 1 saturated carbocycles. The molecular formula is C23H45NO3Si. The van der Waals surface area contributed by atoms with Gasteiger partial charge in [0, 0.05) is 18.7 Å². The maximum absolute atomic E-state index is 11.7. The first-order valence-electron chi connectivity index (χ1n) is 11.2. The number of hydrogen-bond donors (Lipinski definition) is 1. The van der Waals surface area contributed by atoms with Gasteiger partial charge in [-0.2, -0.15) is 0 Å². The highest BCUT2D eigenvalue weighted by Crippen LogP contribution is 2.38. The SMILES string of the molecule is CCCCOC(=O)C=CCC(NC)C1CCC(CO[Si](C)(C)C(C)(C)C)CC1. The Morgan fingerprint density at radius 2 is 1.86 bits per heavy atom. The highest BCUT2D eigenvalue weighted by atomic mass is 28.4. The van der Waals surface area contributed by atoms with Gasteiger partial charge in [0.2, 0.25) is 0 Å². The van der Waals surface area contributed by atoms with Crippen LogP contribution in [0.1, 0.15) is 72.6 Å². The van der Waals surface area contributed by atoms with Crippen LogP contribution in [0.15, 0.2) is 12.2 Å². The molecule has 5 heteroatoms. The molecule has 0 aromatic heterocycles. The lowest BCUT2D eigenvalue weighted by Gasteiger charge is -2.39. The van der Waals surface area contributed by atoms with Crippen LogP contribution in [0.5, 0.6) is 0 Å². The van der Waals surface area contributed by atoms with Crippen molar-refractivity contribution in [3.8, 4) is 0 Å². The fraction of sp³-hybridized carbons (Fsp3) is 0.870. The summed E-state index contributed by atoms with van der Waals surface area (Å²) in [6.45, 7) is 15.1. The molecule has 0 spiro atoms. The summed E-state index contributed by atoms with van der Waals surface area (Å²) in [4.78, 5) is 11.7. The van der Waals surface area contributed by atoms with E-state index in [9.17, 15) is 4.79 Å². The number of carbonyl (C=O) groups excluding carboxylic acids is 1. The van der Waals surface area contributed by atoms with Crippen molar-refractivity contribution in [3.63, 3.8) is 0 Å². The molecular weight excluding hydrogens is 366 g/mol. The summed E-state index contributed by atoms with van der Waals surface area (Å²) in [6.07, 6.45) is 11.4. The van der Waals surface area contributed by atoms with Gasteiger partial charge in [-0.15, -0.1) is 0 Å². The lowest BCUT2D eigenvalue weighted by atomic mass is 9.78. The lowest BCUT2D eigenvalue weighted by molar-refractivity contribution is -0.137. The zero-order chi connectivity index (χ0) is 21.2. The van der Waals surface area contributed by atoms with Crippen LogP contribution in [0.2, 0.25) is 18.1 Å². The van der Waals surface area contributed by atoms with Gasteiger partial charge in [-0.05, 0) is 75.5 Å². The van der Waals surface area contributed by atoms with E-state index in [1.807, 2.05) is 13.1 Å². The topological polar surface area (TPSA) is 47.6 Å². The number of hydrogen-bond acceptors (Lipinski definition) is 4. The summed E-state index contributed by atoms with van der Waals surface area (Å²) in [7, 11) is 0.392. The molecule has 1 rings (SSSR count). The summed E-state index contributed by atoms with van der Waals surface area (Å²) >= 11 is 0. The van der Waals surface area contributed by atoms with Gasteiger partial charge in [0.1, 0.15) is 0 Å². The van der Waals surface area contributed by atoms with Crippen LogP contribution in [0.4, 0.5) is 0 Å². The predicted octanol–water partition coefficient (Wildman–Crippen LogP) is 5.69. The summed E-state index contributed by atoms with van der Waals surface area (Å²) in [5.41, 5.74) is 0. The smallest absolute Gasteiger partial charge is 0.330 e. The number of rotatable bonds is 11. The Kier molecular flexibility index (Phi) is 11.0. The van der Waals surface area contributed by atoms with Crippen molar-refractivity contribution in [3.05, 3.63) is 12.2 Å². The second-order valence-electron chi connectivity index (χ2n) is 9.91. The van der Waals surface area contributed by atoms with Crippen molar-refractivity contribution < 1.29 is 14.0 Å². The Balaban J connectivity index is 2.37. The third kappa shape index (κ3) is 8.79. The first-order valence-corrected chi connectivity index (χ1v) is 14.2. The van der Waals surface area contributed by atoms with Crippen molar-refractivity contribution >= 4 is 14.3 Å². The molecule has 1 unspecified atom stereocenters. The summed E-state index contributed by atoms with van der Waals surface area (Å²) in [5, 5.41) is 3.74. The van der Waals surface area contributed by atoms with Gasteiger partial charge in [-0.25, -0.2) is 4.79 Å². The second kappa shape index (κ2) is 12.1. The number of nitrogens with one attached hydrogen (secondary N) is 1. The predicted molar refractivity (Wildman–Crippen MR) is 121 cm³/mol. The van der Waals surface area contributed by atoms with E-state index in [1.54, 1.807) is 6.08 Å². The van der Waals surface area contributed by atoms with Crippen molar-refractivity contribution in [2.24, 2.45) is 11.8 Å². The average Bonchev–Trinajstić information content (AvgIpc) is 2.63. The molecule has 164 valence electrons. The number of ether oxygens (including phenoxy) is 1. The van der Waals surface area contributed by atoms with Crippen LogP contribution in [0.3, 0.4) is 0 Å². The van der Waals surface area contributed by atoms with E-state index in [0.29, 0.717) is 24.5 Å². The highest BCUT2D eigenvalue weighted by Gasteiger charge is 2.38. The molecule has 0 bridgehead atoms. The largest absolute Gasteiger partial charge is 0.463 e. The monoisotopic (exact) mass is 411 g/mol. The van der Waals surface area contributed by atoms with E-state index in [0.717, 1.165) is 25.9 Å². The van der Waals surface area contributed by atoms with E-state index >= 15 is 0 Å². The summed E-state index contributed by atoms with van der Waals surface area (Å²) < 4.78 is 11.6. The molecule has 4 nitrogen and oxygen atoms in total. The van der Waals surface area contributed by atoms with Gasteiger partial charge in [0.15, 0.2) is 8.32 Å². The van der Waals surface area contributed by atoms with Gasteiger partial charge in [0.05, 0.1) is 6.61 Å². The number of unbranched alkanes of at least 4 members (excludes halogenated alkanes) is 1. The molecule has 1 N–H and O–H groups in total. The molecule has 0 heterocycles. The van der Waals surface area contributed by atoms with Crippen LogP contribution in [-0.2, 0) is 14.0 Å². The molecule has 1 fully saturated rings. The van der Waals surface area contributed by atoms with Gasteiger partial charge >= 0.3 is 5.97 Å². The van der Waals surface area contributed by atoms with Crippen LogP contribution < -0.4 is 5.32 Å². The van der Waals surface area contributed by atoms with E-state index in [-0.39, 0.29) is 11.0 Å². The van der Waals surface area contributed by atoms with Crippen LogP contribution in [0, 0.1) is 11.8 Å². The molecule has 0 amide bonds. The fourth-order valence-electron chi connectivity index (χ4n) is 3.52. The van der Waals surface area contributed by atoms with Crippen molar-refractivity contribution in [2.75, 3.05) is 20.3 Å². The molecule has 28 heavy (non-hydrogen) atoms. The van der Waals surface area contributed by atoms with Gasteiger partial charge in [-0.3, -0.25) is 0 Å². The molecule has 0 aromatic rings. The zero-order valence-corrected chi connectivity index (χ0v) is 20.5. The minimum atomic E-state index is -1.64. The fourth-order valence-corrected chi connectivity index (χ4v) is 4.61. The standard InChI is InChI=1S/C23H45NO3Si/c1-8-9-17-26-22(25)12-10-11-21(24-5)20-15-13-19(14-16-20)18-27-28(6,7)23(2,3)4/h10,12,19-21,24H,8-9,11,13-18H2,1-7H3. The average molecular weight is 412 g/mol. The summed E-state index contributed by atoms with van der Waals surface area (Å²) in [6, 6.07) is 0.432. The first-order chi connectivity index (χ1) is 13.1. The molecule has 0 aliphatic heterocycles. The molecule has 1 atom stereocenters. The Hall–Kier alpha value is -0.653. The second-order valence-corrected chi connectivity index (χ2v) is 14.7. The Bertz CT molecular complexity index is 477. The van der Waals surface area contributed by atoms with E-state index in [1.165, 1.54) is 25.7 Å². The number of carbonyl (C=O) groups is 1. The van der Waals surface area contributed by atoms with E-state index in [4.69, 9.17) is 9.16 Å². The first kappa shape index (κ1) is 25.4. The minimum absolute atomic E-state index is 0.213. The normalized spacial score (nSPS) is 22.4. The molecule has 0 aromatic carbocycles. The minimum Gasteiger partial charge on any atom is -0.463 e. The third-order valence-electron chi connectivity index (χ3n) is 6.70. The molecule has 1 aliphatic rings. The van der Waals surface area contributed by atoms with E-state index < -0.39 is 8.32 Å². The van der Waals surface area contributed by atoms with Gasteiger partial charge in [0.25, 0.3) is 0 Å². The lowest BCUT2D eigenvalue weighted by Crippen LogP contribution is -2.42. The highest BCUT2D eigenvalue weighted by molar-refractivity contribution is 6.74.